The minimum Gasteiger partial charge on any atom is -0.475 e. The number of imidazole rings is 1. The molecule has 14 heteroatoms. The summed E-state index contributed by atoms with van der Waals surface area (Å²) in [4.78, 5) is 39.3. The molecule has 0 aromatic carbocycles. The third-order valence-corrected chi connectivity index (χ3v) is 5.89. The van der Waals surface area contributed by atoms with Crippen LogP contribution in [0.25, 0.3) is 11.2 Å². The van der Waals surface area contributed by atoms with Crippen molar-refractivity contribution < 1.29 is 27.9 Å². The van der Waals surface area contributed by atoms with Gasteiger partial charge in [0, 0.05) is 62.9 Å². The zero-order valence-corrected chi connectivity index (χ0v) is 19.6. The summed E-state index contributed by atoms with van der Waals surface area (Å²) in [5.74, 6) is -2.01. The maximum absolute atomic E-state index is 13.1. The third kappa shape index (κ3) is 5.17. The van der Waals surface area contributed by atoms with Crippen molar-refractivity contribution in [2.24, 2.45) is 7.05 Å². The van der Waals surface area contributed by atoms with Crippen molar-refractivity contribution in [3.8, 4) is 0 Å². The van der Waals surface area contributed by atoms with Crippen LogP contribution < -0.4 is 20.4 Å². The number of carbonyl (C=O) groups excluding carboxylic acids is 1. The molecule has 192 valence electrons. The van der Waals surface area contributed by atoms with Crippen LogP contribution >= 0.6 is 0 Å². The van der Waals surface area contributed by atoms with E-state index in [-0.39, 0.29) is 6.03 Å². The number of nitrogens with zero attached hydrogens (tertiary/aromatic N) is 6. The van der Waals surface area contributed by atoms with E-state index in [2.05, 4.69) is 43.5 Å². The summed E-state index contributed by atoms with van der Waals surface area (Å²) >= 11 is 0. The van der Waals surface area contributed by atoms with Crippen LogP contribution in [0.1, 0.15) is 12.5 Å². The first-order valence-corrected chi connectivity index (χ1v) is 11.2. The van der Waals surface area contributed by atoms with Gasteiger partial charge in [-0.1, -0.05) is 0 Å². The number of aromatic nitrogens is 4. The number of pyridine rings is 2. The lowest BCUT2D eigenvalue weighted by molar-refractivity contribution is -0.192. The number of piperazine rings is 1. The lowest BCUT2D eigenvalue weighted by atomic mass is 10.1. The molecule has 2 aliphatic rings. The number of rotatable bonds is 2. The Kier molecular flexibility index (Phi) is 6.97. The molecule has 3 aromatic rings. The number of nitrogens with one attached hydrogen (secondary N) is 2. The molecule has 2 aliphatic heterocycles. The van der Waals surface area contributed by atoms with Gasteiger partial charge < -0.3 is 25.2 Å². The van der Waals surface area contributed by atoms with Crippen LogP contribution in [-0.2, 0) is 18.3 Å². The number of urea groups is 1. The predicted molar refractivity (Wildman–Crippen MR) is 126 cm³/mol. The molecule has 5 rings (SSSR count). The van der Waals surface area contributed by atoms with Gasteiger partial charge in [-0.3, -0.25) is 4.90 Å². The van der Waals surface area contributed by atoms with Gasteiger partial charge in [0.1, 0.15) is 11.3 Å². The van der Waals surface area contributed by atoms with Crippen LogP contribution in [0.2, 0.25) is 0 Å². The lowest BCUT2D eigenvalue weighted by Crippen LogP contribution is -2.49. The number of alkyl halides is 3. The zero-order valence-electron chi connectivity index (χ0n) is 19.6. The SMILES string of the molecule is C[C@H]1CN(c2ccnc3c2CCN3C(=O)Nc2ccnc3c2ncn3C)CCN1.O=C(O)C(F)(F)F. The van der Waals surface area contributed by atoms with Gasteiger partial charge in [-0.15, -0.1) is 0 Å². The summed E-state index contributed by atoms with van der Waals surface area (Å²) in [6.45, 7) is 5.69. The number of aliphatic carboxylic acids is 1. The van der Waals surface area contributed by atoms with Gasteiger partial charge in [0.15, 0.2) is 5.65 Å². The minimum atomic E-state index is -5.08. The first-order valence-electron chi connectivity index (χ1n) is 11.2. The largest absolute Gasteiger partial charge is 0.490 e. The van der Waals surface area contributed by atoms with E-state index < -0.39 is 12.1 Å². The number of carbonyl (C=O) groups is 2. The van der Waals surface area contributed by atoms with Gasteiger partial charge in [-0.25, -0.2) is 24.5 Å². The van der Waals surface area contributed by atoms with Gasteiger partial charge in [0.2, 0.25) is 0 Å². The van der Waals surface area contributed by atoms with Crippen molar-refractivity contribution in [1.82, 2.24) is 24.8 Å². The van der Waals surface area contributed by atoms with Crippen molar-refractivity contribution in [3.05, 3.63) is 36.4 Å². The molecular formula is C22H25F3N8O3. The second kappa shape index (κ2) is 9.97. The number of amides is 2. The smallest absolute Gasteiger partial charge is 0.475 e. The van der Waals surface area contributed by atoms with Crippen LogP contribution in [0, 0.1) is 0 Å². The molecule has 0 spiro atoms. The number of aryl methyl sites for hydroxylation is 1. The molecule has 1 atom stereocenters. The molecule has 3 N–H and O–H groups in total. The van der Waals surface area contributed by atoms with Crippen LogP contribution in [0.3, 0.4) is 0 Å². The van der Waals surface area contributed by atoms with Crippen molar-refractivity contribution in [2.75, 3.05) is 41.3 Å². The molecule has 2 amide bonds. The number of carboxylic acids is 1. The number of hydrogen-bond acceptors (Lipinski definition) is 7. The van der Waals surface area contributed by atoms with E-state index in [9.17, 15) is 18.0 Å². The molecule has 11 nitrogen and oxygen atoms in total. The normalized spacial score (nSPS) is 17.4. The Morgan fingerprint density at radius 3 is 2.58 bits per heavy atom. The van der Waals surface area contributed by atoms with Crippen LogP contribution in [0.4, 0.5) is 35.2 Å². The third-order valence-electron chi connectivity index (χ3n) is 5.89. The minimum absolute atomic E-state index is 0.194. The van der Waals surface area contributed by atoms with Crippen LogP contribution in [-0.4, -0.2) is 75.0 Å². The van der Waals surface area contributed by atoms with Gasteiger partial charge in [-0.05, 0) is 25.5 Å². The molecule has 0 unspecified atom stereocenters. The van der Waals surface area contributed by atoms with Gasteiger partial charge in [0.05, 0.1) is 12.0 Å². The monoisotopic (exact) mass is 506 g/mol. The maximum Gasteiger partial charge on any atom is 0.490 e. The number of halogens is 3. The van der Waals surface area contributed by atoms with E-state index in [4.69, 9.17) is 9.90 Å². The van der Waals surface area contributed by atoms with E-state index in [1.807, 2.05) is 11.6 Å². The topological polar surface area (TPSA) is 129 Å². The van der Waals surface area contributed by atoms with Crippen molar-refractivity contribution in [2.45, 2.75) is 25.6 Å². The molecule has 0 radical (unpaired) electrons. The van der Waals surface area contributed by atoms with E-state index in [0.29, 0.717) is 23.8 Å². The van der Waals surface area contributed by atoms with Gasteiger partial charge >= 0.3 is 18.2 Å². The molecular weight excluding hydrogens is 481 g/mol. The highest BCUT2D eigenvalue weighted by molar-refractivity contribution is 6.06. The number of carboxylic acid groups (broad SMARTS) is 1. The second-order valence-electron chi connectivity index (χ2n) is 8.45. The van der Waals surface area contributed by atoms with Crippen LogP contribution in [0.15, 0.2) is 30.9 Å². The van der Waals surface area contributed by atoms with Gasteiger partial charge in [-0.2, -0.15) is 13.2 Å². The van der Waals surface area contributed by atoms with E-state index in [1.165, 1.54) is 5.69 Å². The van der Waals surface area contributed by atoms with Crippen molar-refractivity contribution in [1.29, 1.82) is 0 Å². The average molecular weight is 506 g/mol. The van der Waals surface area contributed by atoms with Crippen molar-refractivity contribution >= 4 is 40.4 Å². The fourth-order valence-electron chi connectivity index (χ4n) is 4.23. The highest BCUT2D eigenvalue weighted by Gasteiger charge is 2.38. The molecule has 0 aliphatic carbocycles. The summed E-state index contributed by atoms with van der Waals surface area (Å²) in [5, 5.41) is 13.6. The summed E-state index contributed by atoms with van der Waals surface area (Å²) in [7, 11) is 1.88. The Morgan fingerprint density at radius 1 is 1.17 bits per heavy atom. The van der Waals surface area contributed by atoms with E-state index >= 15 is 0 Å². The number of hydrogen-bond donors (Lipinski definition) is 3. The summed E-state index contributed by atoms with van der Waals surface area (Å²) in [5.41, 5.74) is 4.41. The molecule has 1 saturated heterocycles. The van der Waals surface area contributed by atoms with E-state index in [1.54, 1.807) is 29.7 Å². The number of fused-ring (bicyclic) bond motifs is 2. The van der Waals surface area contributed by atoms with Crippen molar-refractivity contribution in [3.63, 3.8) is 0 Å². The average Bonchev–Trinajstić information content (AvgIpc) is 3.43. The molecule has 1 fully saturated rings. The summed E-state index contributed by atoms with van der Waals surface area (Å²) in [6.07, 6.45) is 0.898. The molecule has 36 heavy (non-hydrogen) atoms. The Morgan fingerprint density at radius 2 is 1.89 bits per heavy atom. The molecule has 0 bridgehead atoms. The fraction of sp³-hybridized carbons (Fsp3) is 0.409. The first kappa shape index (κ1) is 25.2. The summed E-state index contributed by atoms with van der Waals surface area (Å²) in [6, 6.07) is 4.09. The Hall–Kier alpha value is -3.94. The molecule has 5 heterocycles. The quantitative estimate of drug-likeness (QED) is 0.484. The first-order chi connectivity index (χ1) is 17.1. The second-order valence-corrected chi connectivity index (χ2v) is 8.45. The fourth-order valence-corrected chi connectivity index (χ4v) is 4.23. The van der Waals surface area contributed by atoms with Crippen LogP contribution in [0.5, 0.6) is 0 Å². The standard InChI is InChI=1S/C20H24N8O.C2HF3O2/c1-13-11-27(10-8-21-13)16-4-7-22-18-14(16)5-9-28(18)20(29)25-15-3-6-23-19-17(15)24-12-26(19)2;3-2(4,5)1(6)7/h3-4,6-7,12-13,21H,5,8-11H2,1-2H3,(H,23,25,29);(H,6,7)/t13-;/m0./s1. The molecule has 0 saturated carbocycles. The highest BCUT2D eigenvalue weighted by Crippen LogP contribution is 2.34. The Labute approximate surface area is 203 Å². The summed E-state index contributed by atoms with van der Waals surface area (Å²) < 4.78 is 33.6. The zero-order chi connectivity index (χ0) is 26.0. The van der Waals surface area contributed by atoms with E-state index in [0.717, 1.165) is 43.1 Å². The maximum atomic E-state index is 13.1. The Balaban J connectivity index is 0.000000384. The Bertz CT molecular complexity index is 1280. The predicted octanol–water partition coefficient (Wildman–Crippen LogP) is 2.39. The number of anilines is 3. The molecule has 3 aromatic heterocycles. The highest BCUT2D eigenvalue weighted by atomic mass is 19.4. The van der Waals surface area contributed by atoms with Gasteiger partial charge in [0.25, 0.3) is 0 Å². The lowest BCUT2D eigenvalue weighted by Gasteiger charge is -2.34.